The number of aliphatic hydroxyl groups is 1. The number of primary amides is 1. The third-order valence-electron chi connectivity index (χ3n) is 18.2. The number of carboxylic acids is 2. The van der Waals surface area contributed by atoms with E-state index in [-0.39, 0.29) is 154 Å². The van der Waals surface area contributed by atoms with Gasteiger partial charge in [-0.05, 0) is 305 Å². The summed E-state index contributed by atoms with van der Waals surface area (Å²) >= 11 is 35.5. The minimum absolute atomic E-state index is 0. The number of aliphatic carboxylic acids is 2. The maximum atomic E-state index is 10.8. The molecular formula is C89H191B7Cl7FN25O18S3. The van der Waals surface area contributed by atoms with Crippen LogP contribution in [-0.4, -0.2) is 267 Å². The summed E-state index contributed by atoms with van der Waals surface area (Å²) in [4.78, 5) is 70.7. The molecule has 0 saturated carbocycles. The number of nitriles is 1. The Morgan fingerprint density at radius 3 is 1.05 bits per heavy atom. The zero-order chi connectivity index (χ0) is 110. The Hall–Kier alpha value is -6.19. The number of hydrogen-bond acceptors (Lipinski definition) is 38. The summed E-state index contributed by atoms with van der Waals surface area (Å²) in [6.45, 7) is 57.1. The number of amides is 1. The second kappa shape index (κ2) is 120. The van der Waals surface area contributed by atoms with E-state index in [0.717, 1.165) is 82.5 Å². The van der Waals surface area contributed by atoms with E-state index in [1.54, 1.807) is 86.5 Å². The Balaban J connectivity index is -0.0000000799. The van der Waals surface area contributed by atoms with Crippen molar-refractivity contribution >= 4 is 205 Å². The van der Waals surface area contributed by atoms with Crippen molar-refractivity contribution in [3.63, 3.8) is 0 Å². The van der Waals surface area contributed by atoms with E-state index in [1.165, 1.54) is 25.7 Å². The van der Waals surface area contributed by atoms with E-state index < -0.39 is 52.6 Å². The van der Waals surface area contributed by atoms with Crippen molar-refractivity contribution in [2.45, 2.75) is 278 Å². The first kappa shape index (κ1) is 182. The predicted molar refractivity (Wildman–Crippen MR) is 633 cm³/mol. The number of carbonyl (C=O) groups excluding carboxylic acids is 2. The van der Waals surface area contributed by atoms with Crippen LogP contribution in [0, 0.1) is 122 Å². The predicted octanol–water partition coefficient (Wildman–Crippen LogP) is 15.4. The molecule has 150 heavy (non-hydrogen) atoms. The van der Waals surface area contributed by atoms with Gasteiger partial charge < -0.3 is 120 Å². The molecule has 5 rings (SSSR count). The summed E-state index contributed by atoms with van der Waals surface area (Å²) < 4.78 is 26.8. The SMILES string of the molecule is C.C.C.CB(O)NCC(CC#N)CC(C)C.CB(O)NCC(CC(=O)O)CC(C)C.CB(O)NCC(CC(N)=NO)CC(C)C.CB(O)NCC(CC(N)=O)CC(C)C.CB(O)NCC(Cc1nc(=S)o[nH]1)CC(C)C.CC(C)CC(CN)CC(=O)O.CC(C)CC(CN)Cc1nc(=S)o[nH]1.CC(C)COC(=O)Cl.CCN(CC)CC.Cl.Cl.Cl.Clc1nc(Cl)nc(Cl)n1.F.N.NO.O=BC#CO.S=C(n1ccnc1)n1ccnc1.[2HH].[B]. The topological polar surface area (TPSA) is 719 Å². The smallest absolute Gasteiger partial charge is 0.190 e. The second-order valence-electron chi connectivity index (χ2n) is 36.2. The first-order valence-electron chi connectivity index (χ1n) is 47.2. The summed E-state index contributed by atoms with van der Waals surface area (Å²) in [6, 6.07) is 2.18. The molecule has 5 heterocycles. The van der Waals surface area contributed by atoms with Crippen LogP contribution in [0.2, 0.25) is 50.0 Å². The van der Waals surface area contributed by atoms with Crippen molar-refractivity contribution < 1.29 is 94.7 Å². The first-order chi connectivity index (χ1) is 65.9. The van der Waals surface area contributed by atoms with Crippen molar-refractivity contribution in [1.29, 1.82) is 5.26 Å². The zero-order valence-corrected chi connectivity index (χ0v) is 98.3. The monoisotopic (exact) mass is 2340 g/mol. The first-order valence-corrected chi connectivity index (χ1v) is 49.9. The maximum Gasteiger partial charge on any atom is 0.190 e. The third-order valence-corrected chi connectivity index (χ3v) is 19.5. The van der Waals surface area contributed by atoms with Crippen LogP contribution in [0.25, 0.3) is 0 Å². The number of thiocarbonyl (C=S) groups is 1. The van der Waals surface area contributed by atoms with Gasteiger partial charge in [0.05, 0.1) is 12.7 Å². The number of nitrogens with two attached hydrogens (primary N) is 5. The number of aromatic amines is 2. The van der Waals surface area contributed by atoms with Gasteiger partial charge in [-0.25, -0.2) is 31.0 Å². The van der Waals surface area contributed by atoms with Gasteiger partial charge in [0, 0.05) is 91.2 Å². The van der Waals surface area contributed by atoms with Crippen LogP contribution in [0.1, 0.15) is 244 Å². The van der Waals surface area contributed by atoms with E-state index in [2.05, 4.69) is 216 Å². The van der Waals surface area contributed by atoms with E-state index in [4.69, 9.17) is 171 Å². The molecule has 0 bridgehead atoms. The number of ether oxygens (including phenoxy) is 1. The van der Waals surface area contributed by atoms with Gasteiger partial charge in [-0.3, -0.25) is 28.2 Å². The summed E-state index contributed by atoms with van der Waals surface area (Å²) in [5.41, 5.74) is 21.0. The Labute approximate surface area is 955 Å². The van der Waals surface area contributed by atoms with Gasteiger partial charge in [-0.2, -0.15) is 30.2 Å². The van der Waals surface area contributed by atoms with Gasteiger partial charge in [0.2, 0.25) is 21.8 Å². The Bertz CT molecular complexity index is 4000. The van der Waals surface area contributed by atoms with Gasteiger partial charge in [-0.1, -0.05) is 159 Å². The molecule has 875 valence electrons. The average Bonchev–Trinajstić information content (AvgIpc) is 1.73. The van der Waals surface area contributed by atoms with Crippen molar-refractivity contribution in [3.8, 4) is 18.0 Å². The maximum absolute atomic E-state index is 10.8. The fraction of sp³-hybridized carbons (Fsp3) is 0.753. The van der Waals surface area contributed by atoms with E-state index in [9.17, 15) is 24.2 Å². The van der Waals surface area contributed by atoms with Gasteiger partial charge in [0.15, 0.2) is 5.11 Å². The number of amidine groups is 1. The molecular weight excluding hydrogens is 2150 g/mol. The number of halogens is 8. The number of H-pyrrole nitrogens is 2. The number of oxime groups is 1. The fourth-order valence-electron chi connectivity index (χ4n) is 12.7. The number of imidazole rings is 2. The second-order valence-corrected chi connectivity index (χ2v) is 38.5. The number of hydrogen-bond donors (Lipinski definition) is 23. The Morgan fingerprint density at radius 2 is 0.827 bits per heavy atom. The minimum Gasteiger partial charge on any atom is -0.282 e. The van der Waals surface area contributed by atoms with Crippen molar-refractivity contribution in [2.75, 3.05) is 72.1 Å². The van der Waals surface area contributed by atoms with Crippen LogP contribution in [0.5, 0.6) is 0 Å². The van der Waals surface area contributed by atoms with Gasteiger partial charge in [0.25, 0.3) is 0 Å². The van der Waals surface area contributed by atoms with Gasteiger partial charge in [-0.15, -0.1) is 37.2 Å². The Kier molecular flexibility index (Phi) is 146. The quantitative estimate of drug-likeness (QED) is 0.00251. The summed E-state index contributed by atoms with van der Waals surface area (Å²) in [5.74, 6) is 11.5. The molecule has 7 atom stereocenters. The standard InChI is InChI=1S/C10H20BN3O2S.C9H22BN3O2.C9H21BN2O2.C9H19BN2O.C9H20BNO3.C9H17N3OS.C8H17NO2.C7H6N4S.C6H15N.C5H9ClO2.C3Cl3N3.C2HBO2.3CH4.B.3ClH.FH.H3NO.H3N.H2/c1-7(2)4-8(6-12-11(3)15)5-9-13-10(17)16-14-9;1-7(2)4-8(5-9(11)13-15)6-12-10(3)14;1-7(2)4-8(5-9(11)13)6-12-10(3)14;1-8(2)6-9(4-5-11)7-12-10(3)13;1-7(2)4-8(5-9(12)13)6-11-10(3)14;1-6(2)3-7(5-10)4-8-11-9(14)13-12-8;1-6(2)3-7(5-9)4-8(10)11;12-7(10-3-1-8-5-10)11-4-2-9-6-11;1-4-7(5-2)6-3;1-4(2)3-8-5(6)7;4-1-7-2(5)9-3(6)8-1;4-2-1-3-5;;;;;;;;;1-2;;/h7-8,12,15H,4-6H2,1-3H3,(H,13,14,17);7-8,12,14-15H,4-6H2,1-3H3,(H2,11,13);7-8,12,14H,4-6H2,1-3H3,(H2,11,13);8-9,12-13H,4,6-7H2,1-3H3;7-8,11,14H,4-6H2,1-3H3,(H,12,13);6-7H,3-5,10H2,1-2H3,(H,11,12,14);6-7H,3-5,9H2,1-2H3,(H,10,11);1-6H;4-6H2,1-3H3;4H,3H2,1-2H3;;4H;3*1H4;;4*1H;2H,1H2;1H3;1H/i;;;;;;;;;;;;;;;;;;;;;;1+1. The molecule has 3 radical (unpaired) electrons. The average molecular weight is 2340 g/mol. The van der Waals surface area contributed by atoms with Crippen LogP contribution in [0.15, 0.2) is 51.6 Å². The van der Waals surface area contributed by atoms with Crippen molar-refractivity contribution in [1.82, 2.24) is 91.5 Å². The number of carbonyl (C=O) groups is 4. The zero-order valence-electron chi connectivity index (χ0n) is 90.4. The minimum atomic E-state index is -0.775. The number of nitrogens with one attached hydrogen (secondary N) is 7. The normalized spacial score (nSPS) is 11.2. The number of aromatic nitrogens is 11. The molecule has 0 aromatic carbocycles. The molecule has 0 fully saturated rings. The molecule has 30 N–H and O–H groups in total. The summed E-state index contributed by atoms with van der Waals surface area (Å²) in [6.07, 6.45) is 22.0. The van der Waals surface area contributed by atoms with Crippen LogP contribution >= 0.6 is 120 Å². The molecule has 61 heteroatoms. The van der Waals surface area contributed by atoms with Crippen molar-refractivity contribution in [2.24, 2.45) is 123 Å². The summed E-state index contributed by atoms with van der Waals surface area (Å²) in [5, 5.41) is 117. The molecule has 5 aromatic rings. The molecule has 0 aliphatic carbocycles. The summed E-state index contributed by atoms with van der Waals surface area (Å²) in [7, 11) is -2.27. The van der Waals surface area contributed by atoms with E-state index in [1.807, 2.05) is 13.8 Å². The Morgan fingerprint density at radius 1 is 0.540 bits per heavy atom. The third kappa shape index (κ3) is 134. The van der Waals surface area contributed by atoms with Gasteiger partial charge >= 0.3 is 91.2 Å². The molecule has 0 aliphatic rings. The van der Waals surface area contributed by atoms with E-state index in [0.29, 0.717) is 136 Å². The largest absolute Gasteiger partial charge is 0.282 e. The molecule has 1 amide bonds. The molecule has 0 saturated heterocycles. The molecule has 7 unspecified atom stereocenters. The van der Waals surface area contributed by atoms with Crippen LogP contribution < -0.4 is 61.1 Å². The van der Waals surface area contributed by atoms with E-state index >= 15 is 0 Å². The fourth-order valence-corrected chi connectivity index (χ4v) is 13.9. The number of aliphatic hydroxyl groups excluding tert-OH is 1. The number of nitrogens with zero attached hydrogens (tertiary/aromatic N) is 12. The van der Waals surface area contributed by atoms with Gasteiger partial charge in [0.1, 0.15) is 30.1 Å². The number of carboxylic acid groups (broad SMARTS) is 2. The molecule has 43 nitrogen and oxygen atoms in total. The van der Waals surface area contributed by atoms with Crippen molar-refractivity contribution in [3.05, 3.63) is 74.6 Å². The van der Waals surface area contributed by atoms with Crippen LogP contribution in [0.3, 0.4) is 0 Å². The molecule has 0 spiro atoms. The number of rotatable bonds is 49. The van der Waals surface area contributed by atoms with Crippen LogP contribution in [-0.2, 0) is 36.7 Å². The molecule has 0 aliphatic heterocycles. The molecule has 5 aromatic heterocycles. The van der Waals surface area contributed by atoms with Crippen LogP contribution in [0.4, 0.5) is 9.50 Å².